The molecule has 0 aliphatic heterocycles. The number of nitriles is 1. The molecule has 0 saturated heterocycles. The first-order valence-corrected chi connectivity index (χ1v) is 8.66. The summed E-state index contributed by atoms with van der Waals surface area (Å²) in [4.78, 5) is 13.4. The number of carbonyl (C=O) groups excluding carboxylic acids is 1. The molecule has 0 spiro atoms. The second-order valence-corrected chi connectivity index (χ2v) is 6.82. The lowest BCUT2D eigenvalue weighted by atomic mass is 10.1. The van der Waals surface area contributed by atoms with Crippen LogP contribution < -0.4 is 15.4 Å². The van der Waals surface area contributed by atoms with Crippen LogP contribution in [0.2, 0.25) is 0 Å². The Kier molecular flexibility index (Phi) is 4.79. The molecule has 1 amide bonds. The van der Waals surface area contributed by atoms with Gasteiger partial charge in [-0.2, -0.15) is 5.26 Å². The molecule has 1 aliphatic rings. The number of thiocarbonyl (C=S) groups is 1. The Bertz CT molecular complexity index is 835. The first-order valence-electron chi connectivity index (χ1n) is 7.43. The van der Waals surface area contributed by atoms with E-state index in [1.807, 2.05) is 0 Å². The van der Waals surface area contributed by atoms with E-state index in [4.69, 9.17) is 17.0 Å². The topological polar surface area (TPSA) is 74.2 Å². The van der Waals surface area contributed by atoms with Gasteiger partial charge in [0.25, 0.3) is 5.91 Å². The van der Waals surface area contributed by atoms with E-state index in [2.05, 4.69) is 16.7 Å². The van der Waals surface area contributed by atoms with E-state index in [1.54, 1.807) is 42.7 Å². The lowest BCUT2D eigenvalue weighted by Gasteiger charge is -2.09. The number of amides is 1. The van der Waals surface area contributed by atoms with Gasteiger partial charge in [-0.15, -0.1) is 11.3 Å². The van der Waals surface area contributed by atoms with Gasteiger partial charge in [-0.1, -0.05) is 0 Å². The van der Waals surface area contributed by atoms with Gasteiger partial charge in [-0.25, -0.2) is 0 Å². The summed E-state index contributed by atoms with van der Waals surface area (Å²) < 4.78 is 5.07. The van der Waals surface area contributed by atoms with Gasteiger partial charge < -0.3 is 10.1 Å². The van der Waals surface area contributed by atoms with Crippen LogP contribution in [0.15, 0.2) is 24.3 Å². The number of methoxy groups -OCH3 is 1. The van der Waals surface area contributed by atoms with Crippen LogP contribution in [0.5, 0.6) is 5.75 Å². The molecule has 1 aromatic carbocycles. The van der Waals surface area contributed by atoms with Crippen molar-refractivity contribution in [2.24, 2.45) is 0 Å². The van der Waals surface area contributed by atoms with Gasteiger partial charge in [0.05, 0.1) is 12.7 Å². The molecule has 1 aliphatic carbocycles. The molecule has 7 heteroatoms. The van der Waals surface area contributed by atoms with E-state index in [1.165, 1.54) is 4.88 Å². The fraction of sp³-hybridized carbons (Fsp3) is 0.235. The maximum Gasteiger partial charge on any atom is 0.257 e. The number of hydrogen-bond donors (Lipinski definition) is 2. The first kappa shape index (κ1) is 16.4. The monoisotopic (exact) mass is 357 g/mol. The van der Waals surface area contributed by atoms with Crippen molar-refractivity contribution in [3.63, 3.8) is 0 Å². The fourth-order valence-corrected chi connectivity index (χ4v) is 4.17. The quantitative estimate of drug-likeness (QED) is 0.825. The van der Waals surface area contributed by atoms with Gasteiger partial charge in [-0.3, -0.25) is 10.1 Å². The van der Waals surface area contributed by atoms with Gasteiger partial charge in [0, 0.05) is 10.4 Å². The highest BCUT2D eigenvalue weighted by Crippen LogP contribution is 2.38. The van der Waals surface area contributed by atoms with Crippen molar-refractivity contribution in [3.05, 3.63) is 45.8 Å². The van der Waals surface area contributed by atoms with Gasteiger partial charge in [0.1, 0.15) is 16.8 Å². The van der Waals surface area contributed by atoms with E-state index < -0.39 is 0 Å². The van der Waals surface area contributed by atoms with E-state index >= 15 is 0 Å². The number of rotatable bonds is 3. The average Bonchev–Trinajstić information content (AvgIpc) is 3.15. The number of nitrogens with zero attached hydrogens (tertiary/aromatic N) is 1. The summed E-state index contributed by atoms with van der Waals surface area (Å²) in [6.07, 6.45) is 3.03. The van der Waals surface area contributed by atoms with Crippen molar-refractivity contribution < 1.29 is 9.53 Å². The zero-order valence-corrected chi connectivity index (χ0v) is 14.6. The smallest absolute Gasteiger partial charge is 0.257 e. The highest BCUT2D eigenvalue weighted by Gasteiger charge is 2.22. The minimum absolute atomic E-state index is 0.187. The largest absolute Gasteiger partial charge is 0.497 e. The molecule has 122 valence electrons. The van der Waals surface area contributed by atoms with Gasteiger partial charge in [0.15, 0.2) is 5.11 Å². The van der Waals surface area contributed by atoms with Crippen LogP contribution in [0.3, 0.4) is 0 Å². The number of benzene rings is 1. The Morgan fingerprint density at radius 2 is 2.08 bits per heavy atom. The van der Waals surface area contributed by atoms with E-state index in [-0.39, 0.29) is 11.0 Å². The number of aryl methyl sites for hydroxylation is 1. The zero-order valence-electron chi connectivity index (χ0n) is 13.0. The molecule has 0 unspecified atom stereocenters. The molecule has 1 heterocycles. The van der Waals surface area contributed by atoms with E-state index in [9.17, 15) is 10.1 Å². The second-order valence-electron chi connectivity index (χ2n) is 5.31. The maximum atomic E-state index is 12.2. The van der Waals surface area contributed by atoms with E-state index in [0.29, 0.717) is 21.9 Å². The number of hydrogen-bond acceptors (Lipinski definition) is 5. The van der Waals surface area contributed by atoms with Crippen molar-refractivity contribution in [1.82, 2.24) is 5.32 Å². The van der Waals surface area contributed by atoms with Crippen LogP contribution in [0.25, 0.3) is 0 Å². The summed E-state index contributed by atoms with van der Waals surface area (Å²) in [5.74, 6) is 0.372. The molecular formula is C17H15N3O2S2. The Morgan fingerprint density at radius 3 is 2.75 bits per heavy atom. The Hall–Kier alpha value is -2.43. The normalized spacial score (nSPS) is 12.2. The number of nitrogens with one attached hydrogen (secondary N) is 2. The minimum Gasteiger partial charge on any atom is -0.497 e. The fourth-order valence-electron chi connectivity index (χ4n) is 2.66. The summed E-state index contributed by atoms with van der Waals surface area (Å²) in [6.45, 7) is 0. The predicted molar refractivity (Wildman–Crippen MR) is 97.7 cm³/mol. The van der Waals surface area contributed by atoms with Crippen molar-refractivity contribution >= 4 is 39.6 Å². The van der Waals surface area contributed by atoms with Gasteiger partial charge in [-0.05, 0) is 61.3 Å². The third kappa shape index (κ3) is 3.25. The summed E-state index contributed by atoms with van der Waals surface area (Å²) >= 11 is 6.75. The zero-order chi connectivity index (χ0) is 17.1. The Morgan fingerprint density at radius 1 is 1.33 bits per heavy atom. The molecule has 3 rings (SSSR count). The van der Waals surface area contributed by atoms with Crippen molar-refractivity contribution in [3.8, 4) is 11.8 Å². The summed E-state index contributed by atoms with van der Waals surface area (Å²) in [6, 6.07) is 8.99. The van der Waals surface area contributed by atoms with Gasteiger partial charge in [0.2, 0.25) is 0 Å². The summed E-state index contributed by atoms with van der Waals surface area (Å²) in [7, 11) is 1.57. The second kappa shape index (κ2) is 6.99. The van der Waals surface area contributed by atoms with Crippen molar-refractivity contribution in [1.29, 1.82) is 5.26 Å². The molecule has 2 N–H and O–H groups in total. The average molecular weight is 357 g/mol. The molecular weight excluding hydrogens is 342 g/mol. The van der Waals surface area contributed by atoms with Crippen LogP contribution in [0, 0.1) is 11.3 Å². The summed E-state index contributed by atoms with van der Waals surface area (Å²) in [5, 5.41) is 15.9. The lowest BCUT2D eigenvalue weighted by molar-refractivity contribution is 0.0977. The molecule has 0 saturated carbocycles. The Balaban J connectivity index is 1.67. The Labute approximate surface area is 149 Å². The van der Waals surface area contributed by atoms with Gasteiger partial charge >= 0.3 is 0 Å². The molecule has 0 fully saturated rings. The first-order chi connectivity index (χ1) is 11.6. The number of thiophene rings is 1. The third-order valence-electron chi connectivity index (χ3n) is 3.84. The molecule has 0 bridgehead atoms. The molecule has 5 nitrogen and oxygen atoms in total. The summed E-state index contributed by atoms with van der Waals surface area (Å²) in [5.41, 5.74) is 2.25. The SMILES string of the molecule is COc1ccc(C(=O)NC(=S)Nc2sc3c(c2C#N)CCC3)cc1. The van der Waals surface area contributed by atoms with Crippen LogP contribution in [-0.2, 0) is 12.8 Å². The van der Waals surface area contributed by atoms with Crippen LogP contribution in [-0.4, -0.2) is 18.1 Å². The molecule has 0 radical (unpaired) electrons. The molecule has 24 heavy (non-hydrogen) atoms. The number of fused-ring (bicyclic) bond motifs is 1. The third-order valence-corrected chi connectivity index (χ3v) is 5.25. The number of ether oxygens (including phenoxy) is 1. The highest BCUT2D eigenvalue weighted by atomic mass is 32.1. The van der Waals surface area contributed by atoms with Crippen LogP contribution >= 0.6 is 23.6 Å². The number of carbonyl (C=O) groups is 1. The molecule has 2 aromatic rings. The van der Waals surface area contributed by atoms with Crippen LogP contribution in [0.4, 0.5) is 5.00 Å². The molecule has 1 aromatic heterocycles. The minimum atomic E-state index is -0.308. The lowest BCUT2D eigenvalue weighted by Crippen LogP contribution is -2.34. The number of anilines is 1. The van der Waals surface area contributed by atoms with Crippen molar-refractivity contribution in [2.75, 3.05) is 12.4 Å². The standard InChI is InChI=1S/C17H15N3O2S2/c1-22-11-7-5-10(6-8-11)15(21)19-17(23)20-16-13(9-18)12-3-2-4-14(12)24-16/h5-8H,2-4H2,1H3,(H2,19,20,21,23). The van der Waals surface area contributed by atoms with Crippen LogP contribution in [0.1, 0.15) is 32.8 Å². The highest BCUT2D eigenvalue weighted by molar-refractivity contribution is 7.80. The van der Waals surface area contributed by atoms with Crippen molar-refractivity contribution in [2.45, 2.75) is 19.3 Å². The predicted octanol–water partition coefficient (Wildman–Crippen LogP) is 3.24. The molecule has 0 atom stereocenters. The van der Waals surface area contributed by atoms with E-state index in [0.717, 1.165) is 24.8 Å². The maximum absolute atomic E-state index is 12.2.